The molecule has 0 saturated heterocycles. The van der Waals surface area contributed by atoms with Gasteiger partial charge in [-0.1, -0.05) is 30.3 Å². The molecule has 0 spiro atoms. The minimum absolute atomic E-state index is 0.136. The summed E-state index contributed by atoms with van der Waals surface area (Å²) in [5, 5.41) is 0.509. The van der Waals surface area contributed by atoms with E-state index in [1.165, 1.54) is 0 Å². The quantitative estimate of drug-likeness (QED) is 0.488. The molecular formula is C17H10O3. The van der Waals surface area contributed by atoms with Crippen LogP contribution in [-0.2, 0) is 0 Å². The number of carbonyl (C=O) groups is 1. The van der Waals surface area contributed by atoms with Crippen LogP contribution in [0.1, 0.15) is 21.7 Å². The maximum absolute atomic E-state index is 12.7. The van der Waals surface area contributed by atoms with E-state index in [1.807, 2.05) is 19.1 Å². The van der Waals surface area contributed by atoms with Gasteiger partial charge < -0.3 is 4.42 Å². The van der Waals surface area contributed by atoms with Crippen molar-refractivity contribution < 1.29 is 9.21 Å². The second-order valence-electron chi connectivity index (χ2n) is 4.96. The van der Waals surface area contributed by atoms with Crippen LogP contribution < -0.4 is 5.43 Å². The molecule has 1 aliphatic rings. The summed E-state index contributed by atoms with van der Waals surface area (Å²) < 4.78 is 5.69. The third-order valence-electron chi connectivity index (χ3n) is 3.77. The number of aryl methyl sites for hydroxylation is 1. The predicted molar refractivity (Wildman–Crippen MR) is 76.1 cm³/mol. The maximum Gasteiger partial charge on any atom is 0.229 e. The lowest BCUT2D eigenvalue weighted by molar-refractivity contribution is 0.102. The first-order valence-corrected chi connectivity index (χ1v) is 6.39. The van der Waals surface area contributed by atoms with Gasteiger partial charge in [0.2, 0.25) is 11.2 Å². The van der Waals surface area contributed by atoms with Gasteiger partial charge in [0, 0.05) is 11.1 Å². The van der Waals surface area contributed by atoms with Crippen molar-refractivity contribution in [1.82, 2.24) is 0 Å². The SMILES string of the molecule is Cc1cccc2c1-c1c(oc3ccccc3c1=O)C2=O. The van der Waals surface area contributed by atoms with E-state index in [2.05, 4.69) is 0 Å². The van der Waals surface area contributed by atoms with Crippen LogP contribution >= 0.6 is 0 Å². The Morgan fingerprint density at radius 2 is 1.70 bits per heavy atom. The van der Waals surface area contributed by atoms with Crippen molar-refractivity contribution in [2.45, 2.75) is 6.92 Å². The summed E-state index contributed by atoms with van der Waals surface area (Å²) in [4.78, 5) is 25.1. The van der Waals surface area contributed by atoms with Crippen LogP contribution in [0.4, 0.5) is 0 Å². The molecule has 0 amide bonds. The van der Waals surface area contributed by atoms with E-state index in [4.69, 9.17) is 4.42 Å². The van der Waals surface area contributed by atoms with Crippen molar-refractivity contribution in [3.8, 4) is 11.1 Å². The summed E-state index contributed by atoms with van der Waals surface area (Å²) in [6.45, 7) is 1.90. The smallest absolute Gasteiger partial charge is 0.229 e. The average Bonchev–Trinajstić information content (AvgIpc) is 2.75. The number of carbonyl (C=O) groups excluding carboxylic acids is 1. The van der Waals surface area contributed by atoms with Gasteiger partial charge in [-0.2, -0.15) is 0 Å². The number of hydrogen-bond donors (Lipinski definition) is 0. The zero-order chi connectivity index (χ0) is 13.9. The monoisotopic (exact) mass is 262 g/mol. The van der Waals surface area contributed by atoms with E-state index in [9.17, 15) is 9.59 Å². The molecule has 3 nitrogen and oxygen atoms in total. The average molecular weight is 262 g/mol. The zero-order valence-electron chi connectivity index (χ0n) is 10.8. The number of rotatable bonds is 0. The van der Waals surface area contributed by atoms with E-state index in [0.717, 1.165) is 5.56 Å². The molecule has 20 heavy (non-hydrogen) atoms. The van der Waals surface area contributed by atoms with Crippen molar-refractivity contribution in [1.29, 1.82) is 0 Å². The van der Waals surface area contributed by atoms with Gasteiger partial charge in [-0.25, -0.2) is 0 Å². The first-order valence-electron chi connectivity index (χ1n) is 6.39. The number of fused-ring (bicyclic) bond motifs is 4. The number of para-hydroxylation sites is 1. The predicted octanol–water partition coefficient (Wildman–Crippen LogP) is 3.31. The van der Waals surface area contributed by atoms with Crippen molar-refractivity contribution in [2.24, 2.45) is 0 Å². The molecule has 0 N–H and O–H groups in total. The van der Waals surface area contributed by atoms with Crippen molar-refractivity contribution in [3.05, 3.63) is 69.6 Å². The Kier molecular flexibility index (Phi) is 2.05. The molecule has 1 aromatic heterocycles. The summed E-state index contributed by atoms with van der Waals surface area (Å²) in [6.07, 6.45) is 0. The van der Waals surface area contributed by atoms with Crippen LogP contribution in [0, 0.1) is 6.92 Å². The normalized spacial score (nSPS) is 12.6. The molecule has 0 aliphatic heterocycles. The largest absolute Gasteiger partial charge is 0.452 e. The highest BCUT2D eigenvalue weighted by molar-refractivity contribution is 6.21. The lowest BCUT2D eigenvalue weighted by Gasteiger charge is -2.03. The van der Waals surface area contributed by atoms with Crippen LogP contribution in [0.3, 0.4) is 0 Å². The van der Waals surface area contributed by atoms with Crippen LogP contribution in [0.15, 0.2) is 51.7 Å². The highest BCUT2D eigenvalue weighted by atomic mass is 16.3. The van der Waals surface area contributed by atoms with Gasteiger partial charge in [0.05, 0.1) is 10.9 Å². The standard InChI is InChI=1S/C17H10O3/c1-9-5-4-7-11-13(9)14-15(18)10-6-2-3-8-12(10)20-17(14)16(11)19/h2-8H,1H3. The zero-order valence-corrected chi connectivity index (χ0v) is 10.8. The molecule has 96 valence electrons. The fourth-order valence-corrected chi connectivity index (χ4v) is 2.84. The van der Waals surface area contributed by atoms with Crippen LogP contribution in [0.25, 0.3) is 22.1 Å². The van der Waals surface area contributed by atoms with Gasteiger partial charge in [-0.05, 0) is 24.6 Å². The Labute approximate surface area is 114 Å². The molecule has 3 heteroatoms. The number of ketones is 1. The molecule has 1 aliphatic carbocycles. The van der Waals surface area contributed by atoms with Gasteiger partial charge in [-0.3, -0.25) is 9.59 Å². The molecule has 2 aromatic carbocycles. The van der Waals surface area contributed by atoms with Crippen molar-refractivity contribution in [3.63, 3.8) is 0 Å². The van der Waals surface area contributed by atoms with Crippen LogP contribution in [0.2, 0.25) is 0 Å². The fourth-order valence-electron chi connectivity index (χ4n) is 2.84. The van der Waals surface area contributed by atoms with Gasteiger partial charge in [0.1, 0.15) is 5.58 Å². The number of benzene rings is 2. The molecule has 3 aromatic rings. The minimum Gasteiger partial charge on any atom is -0.452 e. The summed E-state index contributed by atoms with van der Waals surface area (Å²) >= 11 is 0. The first-order chi connectivity index (χ1) is 9.68. The summed E-state index contributed by atoms with van der Waals surface area (Å²) in [5.74, 6) is -0.0421. The van der Waals surface area contributed by atoms with Gasteiger partial charge in [0.25, 0.3) is 0 Å². The molecule has 0 fully saturated rings. The Bertz CT molecular complexity index is 948. The Balaban J connectivity index is 2.25. The second kappa shape index (κ2) is 3.67. The number of hydrogen-bond acceptors (Lipinski definition) is 3. The molecule has 0 saturated carbocycles. The topological polar surface area (TPSA) is 47.3 Å². The molecule has 0 unspecified atom stereocenters. The summed E-state index contributed by atoms with van der Waals surface area (Å²) in [5.41, 5.74) is 2.90. The minimum atomic E-state index is -0.207. The van der Waals surface area contributed by atoms with E-state index >= 15 is 0 Å². The first kappa shape index (κ1) is 11.2. The van der Waals surface area contributed by atoms with Gasteiger partial charge in [-0.15, -0.1) is 0 Å². The lowest BCUT2D eigenvalue weighted by atomic mass is 10.0. The van der Waals surface area contributed by atoms with Crippen molar-refractivity contribution >= 4 is 16.8 Å². The van der Waals surface area contributed by atoms with Crippen LogP contribution in [-0.4, -0.2) is 5.78 Å². The van der Waals surface area contributed by atoms with Crippen LogP contribution in [0.5, 0.6) is 0 Å². The third kappa shape index (κ3) is 1.24. The Morgan fingerprint density at radius 3 is 2.55 bits per heavy atom. The highest BCUT2D eigenvalue weighted by Crippen LogP contribution is 2.37. The Hall–Kier alpha value is -2.68. The molecular weight excluding hydrogens is 252 g/mol. The summed E-state index contributed by atoms with van der Waals surface area (Å²) in [6, 6.07) is 12.5. The molecule has 0 atom stereocenters. The van der Waals surface area contributed by atoms with E-state index in [0.29, 0.717) is 27.7 Å². The Morgan fingerprint density at radius 1 is 0.900 bits per heavy atom. The van der Waals surface area contributed by atoms with Gasteiger partial charge >= 0.3 is 0 Å². The van der Waals surface area contributed by atoms with Gasteiger partial charge in [0.15, 0.2) is 5.76 Å². The maximum atomic E-state index is 12.7. The highest BCUT2D eigenvalue weighted by Gasteiger charge is 2.33. The lowest BCUT2D eigenvalue weighted by Crippen LogP contribution is -2.07. The molecule has 1 heterocycles. The molecule has 4 rings (SSSR count). The van der Waals surface area contributed by atoms with Crippen molar-refractivity contribution in [2.75, 3.05) is 0 Å². The molecule has 0 radical (unpaired) electrons. The van der Waals surface area contributed by atoms with E-state index < -0.39 is 0 Å². The molecule has 0 bridgehead atoms. The van der Waals surface area contributed by atoms with E-state index in [-0.39, 0.29) is 17.0 Å². The van der Waals surface area contributed by atoms with E-state index in [1.54, 1.807) is 30.3 Å². The third-order valence-corrected chi connectivity index (χ3v) is 3.77. The summed E-state index contributed by atoms with van der Waals surface area (Å²) in [7, 11) is 0. The second-order valence-corrected chi connectivity index (χ2v) is 4.96. The fraction of sp³-hybridized carbons (Fsp3) is 0.0588.